The molecule has 6 heteroatoms. The molecule has 0 N–H and O–H groups in total. The van der Waals surface area contributed by atoms with Crippen LogP contribution >= 0.6 is 11.3 Å². The fraction of sp³-hybridized carbons (Fsp3) is 0.263. The molecule has 130 valence electrons. The Labute approximate surface area is 150 Å². The molecule has 5 nitrogen and oxygen atoms in total. The number of hydrogen-bond acceptors (Lipinski definition) is 5. The van der Waals surface area contributed by atoms with Crippen molar-refractivity contribution >= 4 is 29.3 Å². The van der Waals surface area contributed by atoms with Crippen LogP contribution in [0.15, 0.2) is 48.5 Å². The van der Waals surface area contributed by atoms with Crippen LogP contribution in [0.25, 0.3) is 16.5 Å². The van der Waals surface area contributed by atoms with Gasteiger partial charge in [0.15, 0.2) is 6.61 Å². The second-order valence-corrected chi connectivity index (χ2v) is 6.62. The molecule has 1 saturated heterocycles. The Morgan fingerprint density at radius 2 is 1.88 bits per heavy atom. The summed E-state index contributed by atoms with van der Waals surface area (Å²) in [6, 6.07) is 14.0. The predicted molar refractivity (Wildman–Crippen MR) is 97.1 cm³/mol. The molecule has 1 amide bonds. The molecule has 0 atom stereocenters. The largest absolute Gasteiger partial charge is 0.452 e. The van der Waals surface area contributed by atoms with Gasteiger partial charge in [0.05, 0.1) is 13.2 Å². The van der Waals surface area contributed by atoms with E-state index in [0.29, 0.717) is 26.3 Å². The molecule has 0 spiro atoms. The van der Waals surface area contributed by atoms with Gasteiger partial charge < -0.3 is 14.4 Å². The zero-order chi connectivity index (χ0) is 17.5. The van der Waals surface area contributed by atoms with Gasteiger partial charge in [-0.2, -0.15) is 0 Å². The van der Waals surface area contributed by atoms with Crippen molar-refractivity contribution in [2.45, 2.75) is 0 Å². The quantitative estimate of drug-likeness (QED) is 0.610. The minimum atomic E-state index is -0.517. The summed E-state index contributed by atoms with van der Waals surface area (Å²) in [5, 5.41) is 0. The van der Waals surface area contributed by atoms with Crippen LogP contribution in [-0.2, 0) is 19.1 Å². The van der Waals surface area contributed by atoms with Crippen LogP contribution in [0.4, 0.5) is 0 Å². The zero-order valence-corrected chi connectivity index (χ0v) is 14.5. The molecule has 0 radical (unpaired) electrons. The fourth-order valence-corrected chi connectivity index (χ4v) is 3.35. The maximum atomic E-state index is 11.9. The number of carbonyl (C=O) groups excluding carboxylic acids is 2. The minimum absolute atomic E-state index is 0.187. The van der Waals surface area contributed by atoms with E-state index < -0.39 is 5.97 Å². The SMILES string of the molecule is O=C(/C=C/c1ccc(-c2ccccc2)s1)OCC(=O)N1CCOCC1. The Morgan fingerprint density at radius 3 is 2.64 bits per heavy atom. The Bertz CT molecular complexity index is 748. The smallest absolute Gasteiger partial charge is 0.331 e. The first-order valence-electron chi connectivity index (χ1n) is 8.08. The predicted octanol–water partition coefficient (Wildman–Crippen LogP) is 2.83. The number of morpholine rings is 1. The van der Waals surface area contributed by atoms with E-state index in [0.717, 1.165) is 15.3 Å². The fourth-order valence-electron chi connectivity index (χ4n) is 2.44. The first-order valence-corrected chi connectivity index (χ1v) is 8.89. The average Bonchev–Trinajstić information content (AvgIpc) is 3.15. The number of rotatable bonds is 5. The van der Waals surface area contributed by atoms with Crippen molar-refractivity contribution in [1.82, 2.24) is 4.90 Å². The van der Waals surface area contributed by atoms with Crippen LogP contribution in [0.1, 0.15) is 4.88 Å². The molecule has 0 aliphatic carbocycles. The normalized spacial score (nSPS) is 14.6. The third kappa shape index (κ3) is 5.01. The summed E-state index contributed by atoms with van der Waals surface area (Å²) in [5.74, 6) is -0.705. The summed E-state index contributed by atoms with van der Waals surface area (Å²) >= 11 is 1.59. The lowest BCUT2D eigenvalue weighted by atomic mass is 10.2. The summed E-state index contributed by atoms with van der Waals surface area (Å²) in [4.78, 5) is 27.4. The highest BCUT2D eigenvalue weighted by atomic mass is 32.1. The molecule has 1 aromatic carbocycles. The van der Waals surface area contributed by atoms with Gasteiger partial charge in [-0.25, -0.2) is 4.79 Å². The molecular formula is C19H19NO4S. The number of thiophene rings is 1. The van der Waals surface area contributed by atoms with Crippen molar-refractivity contribution in [2.75, 3.05) is 32.9 Å². The lowest BCUT2D eigenvalue weighted by molar-refractivity contribution is -0.150. The number of amides is 1. The Morgan fingerprint density at radius 1 is 1.12 bits per heavy atom. The molecule has 0 saturated carbocycles. The van der Waals surface area contributed by atoms with Gasteiger partial charge in [-0.1, -0.05) is 30.3 Å². The van der Waals surface area contributed by atoms with E-state index in [1.54, 1.807) is 22.3 Å². The molecule has 1 fully saturated rings. The van der Waals surface area contributed by atoms with Gasteiger partial charge in [-0.15, -0.1) is 11.3 Å². The van der Waals surface area contributed by atoms with Crippen LogP contribution in [0, 0.1) is 0 Å². The van der Waals surface area contributed by atoms with Gasteiger partial charge in [-0.3, -0.25) is 4.79 Å². The number of esters is 1. The number of benzene rings is 1. The lowest BCUT2D eigenvalue weighted by Crippen LogP contribution is -2.42. The van der Waals surface area contributed by atoms with Crippen LogP contribution in [0.2, 0.25) is 0 Å². The zero-order valence-electron chi connectivity index (χ0n) is 13.7. The summed E-state index contributed by atoms with van der Waals surface area (Å²) in [6.45, 7) is 1.92. The molecule has 3 rings (SSSR count). The highest BCUT2D eigenvalue weighted by Gasteiger charge is 2.17. The highest BCUT2D eigenvalue weighted by molar-refractivity contribution is 7.16. The molecule has 1 aromatic heterocycles. The molecule has 2 aromatic rings. The van der Waals surface area contributed by atoms with E-state index >= 15 is 0 Å². The molecular weight excluding hydrogens is 338 g/mol. The molecule has 0 unspecified atom stereocenters. The van der Waals surface area contributed by atoms with Crippen molar-refractivity contribution in [3.8, 4) is 10.4 Å². The summed E-state index contributed by atoms with van der Waals surface area (Å²) in [5.41, 5.74) is 1.14. The molecule has 1 aliphatic rings. The average molecular weight is 357 g/mol. The Kier molecular flexibility index (Phi) is 5.98. The van der Waals surface area contributed by atoms with Crippen molar-refractivity contribution in [1.29, 1.82) is 0 Å². The van der Waals surface area contributed by atoms with Crippen LogP contribution < -0.4 is 0 Å². The van der Waals surface area contributed by atoms with Gasteiger partial charge in [0.25, 0.3) is 5.91 Å². The van der Waals surface area contributed by atoms with Gasteiger partial charge in [-0.05, 0) is 23.8 Å². The first kappa shape index (κ1) is 17.4. The first-order chi connectivity index (χ1) is 12.2. The number of carbonyl (C=O) groups is 2. The van der Waals surface area contributed by atoms with Gasteiger partial charge in [0, 0.05) is 28.9 Å². The molecule has 0 bridgehead atoms. The Hall–Kier alpha value is -2.44. The monoisotopic (exact) mass is 357 g/mol. The topological polar surface area (TPSA) is 55.8 Å². The second kappa shape index (κ2) is 8.60. The van der Waals surface area contributed by atoms with E-state index in [4.69, 9.17) is 9.47 Å². The lowest BCUT2D eigenvalue weighted by Gasteiger charge is -2.26. The van der Waals surface area contributed by atoms with E-state index in [-0.39, 0.29) is 12.5 Å². The minimum Gasteiger partial charge on any atom is -0.452 e. The van der Waals surface area contributed by atoms with E-state index in [1.807, 2.05) is 42.5 Å². The summed E-state index contributed by atoms with van der Waals surface area (Å²) in [7, 11) is 0. The van der Waals surface area contributed by atoms with Crippen molar-refractivity contribution in [3.63, 3.8) is 0 Å². The third-order valence-electron chi connectivity index (χ3n) is 3.77. The van der Waals surface area contributed by atoms with Crippen LogP contribution in [0.3, 0.4) is 0 Å². The third-order valence-corrected chi connectivity index (χ3v) is 4.87. The summed E-state index contributed by atoms with van der Waals surface area (Å²) < 4.78 is 10.2. The molecule has 2 heterocycles. The van der Waals surface area contributed by atoms with Crippen molar-refractivity contribution in [3.05, 3.63) is 53.4 Å². The van der Waals surface area contributed by atoms with Gasteiger partial charge in [0.2, 0.25) is 0 Å². The van der Waals surface area contributed by atoms with Crippen molar-refractivity contribution < 1.29 is 19.1 Å². The van der Waals surface area contributed by atoms with Crippen LogP contribution in [-0.4, -0.2) is 49.7 Å². The van der Waals surface area contributed by atoms with Crippen LogP contribution in [0.5, 0.6) is 0 Å². The maximum Gasteiger partial charge on any atom is 0.331 e. The standard InChI is InChI=1S/C19H19NO4S/c21-18(20-10-12-23-13-11-20)14-24-19(22)9-7-16-6-8-17(25-16)15-4-2-1-3-5-15/h1-9H,10-14H2/b9-7+. The number of hydrogen-bond donors (Lipinski definition) is 0. The van der Waals surface area contributed by atoms with Gasteiger partial charge >= 0.3 is 5.97 Å². The van der Waals surface area contributed by atoms with E-state index in [1.165, 1.54) is 6.08 Å². The van der Waals surface area contributed by atoms with Gasteiger partial charge in [0.1, 0.15) is 0 Å². The molecule has 25 heavy (non-hydrogen) atoms. The Balaban J connectivity index is 1.49. The maximum absolute atomic E-state index is 11.9. The summed E-state index contributed by atoms with van der Waals surface area (Å²) in [6.07, 6.45) is 3.06. The van der Waals surface area contributed by atoms with Crippen molar-refractivity contribution in [2.24, 2.45) is 0 Å². The van der Waals surface area contributed by atoms with E-state index in [2.05, 4.69) is 0 Å². The molecule has 1 aliphatic heterocycles. The highest BCUT2D eigenvalue weighted by Crippen LogP contribution is 2.28. The second-order valence-electron chi connectivity index (χ2n) is 5.50. The van der Waals surface area contributed by atoms with E-state index in [9.17, 15) is 9.59 Å². The number of nitrogens with zero attached hydrogens (tertiary/aromatic N) is 1. The number of ether oxygens (including phenoxy) is 2.